The quantitative estimate of drug-likeness (QED) is 0.720. The number of hydrogen-bond donors (Lipinski definition) is 2. The summed E-state index contributed by atoms with van der Waals surface area (Å²) in [5.41, 5.74) is 5.77. The summed E-state index contributed by atoms with van der Waals surface area (Å²) in [7, 11) is 0. The van der Waals surface area contributed by atoms with Gasteiger partial charge in [0.2, 0.25) is 5.91 Å². The highest BCUT2D eigenvalue weighted by atomic mass is 16.2. The van der Waals surface area contributed by atoms with Gasteiger partial charge in [0.15, 0.2) is 0 Å². The molecule has 1 fully saturated rings. The molecule has 0 bridgehead atoms. The van der Waals surface area contributed by atoms with Crippen molar-refractivity contribution in [3.8, 4) is 0 Å². The first-order valence-corrected chi connectivity index (χ1v) is 5.65. The highest BCUT2D eigenvalue weighted by Crippen LogP contribution is 2.28. The summed E-state index contributed by atoms with van der Waals surface area (Å²) in [6, 6.07) is -0.322. The van der Waals surface area contributed by atoms with E-state index in [2.05, 4.69) is 12.2 Å². The van der Waals surface area contributed by atoms with E-state index < -0.39 is 0 Å². The van der Waals surface area contributed by atoms with E-state index in [9.17, 15) is 4.79 Å². The average Bonchev–Trinajstić information content (AvgIpc) is 2.52. The van der Waals surface area contributed by atoms with E-state index in [0.717, 1.165) is 25.7 Å². The van der Waals surface area contributed by atoms with Gasteiger partial charge in [-0.15, -0.1) is 0 Å². The molecule has 1 atom stereocenters. The molecule has 82 valence electrons. The molecule has 0 unspecified atom stereocenters. The molecular formula is C11H22N2O. The maximum atomic E-state index is 11.7. The summed E-state index contributed by atoms with van der Waals surface area (Å²) in [5.74, 6) is 0.0243. The molecular weight excluding hydrogens is 176 g/mol. The zero-order valence-corrected chi connectivity index (χ0v) is 9.31. The molecule has 1 saturated carbocycles. The van der Waals surface area contributed by atoms with Crippen LogP contribution in [0.25, 0.3) is 0 Å². The lowest BCUT2D eigenvalue weighted by atomic mass is 9.99. The van der Waals surface area contributed by atoms with Gasteiger partial charge >= 0.3 is 0 Å². The number of nitrogens with one attached hydrogen (secondary N) is 1. The molecule has 0 heterocycles. The predicted molar refractivity (Wildman–Crippen MR) is 57.9 cm³/mol. The summed E-state index contributed by atoms with van der Waals surface area (Å²) in [6.07, 6.45) is 6.38. The Morgan fingerprint density at radius 2 is 2.07 bits per heavy atom. The normalized spacial score (nSPS) is 21.9. The van der Waals surface area contributed by atoms with Gasteiger partial charge in [-0.2, -0.15) is 0 Å². The third-order valence-corrected chi connectivity index (χ3v) is 3.07. The highest BCUT2D eigenvalue weighted by molar-refractivity contribution is 5.82. The van der Waals surface area contributed by atoms with E-state index in [1.54, 1.807) is 0 Å². The van der Waals surface area contributed by atoms with Gasteiger partial charge in [-0.1, -0.05) is 26.2 Å². The van der Waals surface area contributed by atoms with Gasteiger partial charge < -0.3 is 11.1 Å². The van der Waals surface area contributed by atoms with Gasteiger partial charge in [-0.05, 0) is 26.2 Å². The predicted octanol–water partition coefficient (Wildman–Crippen LogP) is 1.56. The first-order valence-electron chi connectivity index (χ1n) is 5.65. The van der Waals surface area contributed by atoms with Crippen molar-refractivity contribution in [1.82, 2.24) is 5.32 Å². The van der Waals surface area contributed by atoms with Crippen LogP contribution >= 0.6 is 0 Å². The average molecular weight is 198 g/mol. The molecule has 3 nitrogen and oxygen atoms in total. The van der Waals surface area contributed by atoms with Crippen LogP contribution in [0.3, 0.4) is 0 Å². The van der Waals surface area contributed by atoms with Crippen molar-refractivity contribution in [3.63, 3.8) is 0 Å². The topological polar surface area (TPSA) is 55.1 Å². The van der Waals surface area contributed by atoms with Crippen LogP contribution in [0.5, 0.6) is 0 Å². The standard InChI is InChI=1S/C11H22N2O/c1-3-6-9(12)10(14)13-11(2)7-4-5-8-11/h9H,3-8,12H2,1-2H3,(H,13,14)/t9-/m0/s1. The molecule has 1 amide bonds. The Morgan fingerprint density at radius 3 is 2.57 bits per heavy atom. The van der Waals surface area contributed by atoms with Gasteiger partial charge in [0.25, 0.3) is 0 Å². The molecule has 14 heavy (non-hydrogen) atoms. The van der Waals surface area contributed by atoms with Crippen LogP contribution in [0.2, 0.25) is 0 Å². The van der Waals surface area contributed by atoms with Crippen molar-refractivity contribution >= 4 is 5.91 Å². The van der Waals surface area contributed by atoms with Crippen molar-refractivity contribution in [2.24, 2.45) is 5.73 Å². The molecule has 0 aromatic heterocycles. The largest absolute Gasteiger partial charge is 0.350 e. The lowest BCUT2D eigenvalue weighted by molar-refractivity contribution is -0.124. The fourth-order valence-corrected chi connectivity index (χ4v) is 2.11. The number of hydrogen-bond acceptors (Lipinski definition) is 2. The lowest BCUT2D eigenvalue weighted by Crippen LogP contribution is -2.50. The van der Waals surface area contributed by atoms with Gasteiger partial charge in [0.05, 0.1) is 6.04 Å². The molecule has 0 aromatic rings. The van der Waals surface area contributed by atoms with E-state index in [1.165, 1.54) is 12.8 Å². The Hall–Kier alpha value is -0.570. The summed E-state index contributed by atoms with van der Waals surface area (Å²) in [5, 5.41) is 3.08. The number of carbonyl (C=O) groups excluding carboxylic acids is 1. The molecule has 0 aliphatic heterocycles. The first kappa shape index (κ1) is 11.5. The van der Waals surface area contributed by atoms with E-state index in [4.69, 9.17) is 5.73 Å². The van der Waals surface area contributed by atoms with Crippen LogP contribution in [0, 0.1) is 0 Å². The number of rotatable bonds is 4. The first-order chi connectivity index (χ1) is 6.57. The van der Waals surface area contributed by atoms with Crippen LogP contribution in [0.15, 0.2) is 0 Å². The zero-order chi connectivity index (χ0) is 10.6. The van der Waals surface area contributed by atoms with Crippen LogP contribution in [-0.2, 0) is 4.79 Å². The van der Waals surface area contributed by atoms with E-state index in [0.29, 0.717) is 0 Å². The summed E-state index contributed by atoms with van der Waals surface area (Å²) in [6.45, 7) is 4.17. The minimum atomic E-state index is -0.322. The SMILES string of the molecule is CCC[C@H](N)C(=O)NC1(C)CCCC1. The van der Waals surface area contributed by atoms with Crippen LogP contribution in [0.4, 0.5) is 0 Å². The molecule has 0 spiro atoms. The highest BCUT2D eigenvalue weighted by Gasteiger charge is 2.31. The van der Waals surface area contributed by atoms with Crippen molar-refractivity contribution in [1.29, 1.82) is 0 Å². The van der Waals surface area contributed by atoms with E-state index in [-0.39, 0.29) is 17.5 Å². The fraction of sp³-hybridized carbons (Fsp3) is 0.909. The molecule has 3 N–H and O–H groups in total. The van der Waals surface area contributed by atoms with Crippen molar-refractivity contribution in [2.75, 3.05) is 0 Å². The molecule has 1 aliphatic carbocycles. The Labute approximate surface area is 86.4 Å². The smallest absolute Gasteiger partial charge is 0.237 e. The third kappa shape index (κ3) is 2.98. The molecule has 0 radical (unpaired) electrons. The Bertz CT molecular complexity index is 197. The summed E-state index contributed by atoms with van der Waals surface area (Å²) in [4.78, 5) is 11.7. The second-order valence-electron chi connectivity index (χ2n) is 4.65. The molecule has 0 aromatic carbocycles. The maximum absolute atomic E-state index is 11.7. The van der Waals surface area contributed by atoms with Crippen molar-refractivity contribution < 1.29 is 4.79 Å². The van der Waals surface area contributed by atoms with Gasteiger partial charge in [0.1, 0.15) is 0 Å². The zero-order valence-electron chi connectivity index (χ0n) is 9.31. The van der Waals surface area contributed by atoms with Crippen LogP contribution < -0.4 is 11.1 Å². The number of amides is 1. The van der Waals surface area contributed by atoms with E-state index >= 15 is 0 Å². The summed E-state index contributed by atoms with van der Waals surface area (Å²) >= 11 is 0. The monoisotopic (exact) mass is 198 g/mol. The van der Waals surface area contributed by atoms with Crippen molar-refractivity contribution in [3.05, 3.63) is 0 Å². The minimum Gasteiger partial charge on any atom is -0.350 e. The molecule has 1 rings (SSSR count). The van der Waals surface area contributed by atoms with Crippen LogP contribution in [-0.4, -0.2) is 17.5 Å². The van der Waals surface area contributed by atoms with Crippen molar-refractivity contribution in [2.45, 2.75) is 64.0 Å². The second kappa shape index (κ2) is 4.78. The molecule has 1 aliphatic rings. The Kier molecular flexibility index (Phi) is 3.93. The number of nitrogens with two attached hydrogens (primary N) is 1. The van der Waals surface area contributed by atoms with Gasteiger partial charge in [0, 0.05) is 5.54 Å². The van der Waals surface area contributed by atoms with Gasteiger partial charge in [-0.25, -0.2) is 0 Å². The number of carbonyl (C=O) groups is 1. The molecule has 3 heteroatoms. The Morgan fingerprint density at radius 1 is 1.50 bits per heavy atom. The maximum Gasteiger partial charge on any atom is 0.237 e. The third-order valence-electron chi connectivity index (χ3n) is 3.07. The lowest BCUT2D eigenvalue weighted by Gasteiger charge is -2.27. The Balaban J connectivity index is 2.39. The summed E-state index contributed by atoms with van der Waals surface area (Å²) < 4.78 is 0. The fourth-order valence-electron chi connectivity index (χ4n) is 2.11. The van der Waals surface area contributed by atoms with Gasteiger partial charge in [-0.3, -0.25) is 4.79 Å². The van der Waals surface area contributed by atoms with Crippen LogP contribution in [0.1, 0.15) is 52.4 Å². The van der Waals surface area contributed by atoms with E-state index in [1.807, 2.05) is 6.92 Å². The minimum absolute atomic E-state index is 0.0163. The molecule has 0 saturated heterocycles. The second-order valence-corrected chi connectivity index (χ2v) is 4.65.